The van der Waals surface area contributed by atoms with Gasteiger partial charge in [-0.05, 0) is 29.3 Å². The summed E-state index contributed by atoms with van der Waals surface area (Å²) in [5.41, 5.74) is 9.88. The van der Waals surface area contributed by atoms with Gasteiger partial charge in [-0.25, -0.2) is 15.2 Å². The molecule has 22 heteroatoms. The van der Waals surface area contributed by atoms with E-state index in [1.165, 1.54) is 58.4 Å². The van der Waals surface area contributed by atoms with Gasteiger partial charge in [0, 0.05) is 16.9 Å². The second-order valence-electron chi connectivity index (χ2n) is 9.11. The Bertz CT molecular complexity index is 1740. The van der Waals surface area contributed by atoms with Crippen LogP contribution in [0.3, 0.4) is 0 Å². The van der Waals surface area contributed by atoms with Crippen LogP contribution in [-0.4, -0.2) is 94.1 Å². The van der Waals surface area contributed by atoms with Crippen molar-refractivity contribution in [3.8, 4) is 11.5 Å². The Hall–Kier alpha value is -4.44. The number of carboxylic acids is 1. The van der Waals surface area contributed by atoms with E-state index >= 15 is 0 Å². The predicted molar refractivity (Wildman–Crippen MR) is 170 cm³/mol. The second-order valence-corrected chi connectivity index (χ2v) is 13.2. The van der Waals surface area contributed by atoms with E-state index in [-0.39, 0.29) is 46.2 Å². The highest BCUT2D eigenvalue weighted by molar-refractivity contribution is 8.01. The number of anilines is 1. The first-order valence-electron chi connectivity index (χ1n) is 12.5. The number of amides is 4. The highest BCUT2D eigenvalue weighted by Gasteiger charge is 2.54. The molecule has 17 nitrogen and oxygen atoms in total. The number of hydrogen-bond donors (Lipinski definition) is 7. The van der Waals surface area contributed by atoms with Gasteiger partial charge in [-0.3, -0.25) is 24.1 Å². The molecule has 46 heavy (non-hydrogen) atoms. The number of carboxylic acid groups (broad SMARTS) is 1. The first-order chi connectivity index (χ1) is 21.5. The molecular formula is C24H22ClN9O8S4. The summed E-state index contributed by atoms with van der Waals surface area (Å²) in [5.74, 6) is -5.57. The molecule has 2 aliphatic heterocycles. The van der Waals surface area contributed by atoms with Crippen LogP contribution in [-0.2, 0) is 24.0 Å². The lowest BCUT2D eigenvalue weighted by Crippen LogP contribution is -2.71. The first kappa shape index (κ1) is 34.4. The summed E-state index contributed by atoms with van der Waals surface area (Å²) in [6, 6.07) is 1.09. The number of nitrogen functional groups attached to an aromatic ring is 1. The molecule has 4 heterocycles. The maximum atomic E-state index is 13.4. The molecule has 1 saturated heterocycles. The fourth-order valence-electron chi connectivity index (χ4n) is 4.15. The average molecular weight is 728 g/mol. The SMILES string of the molecule is Cl.Nc1nc(C(NC(=O)C(=O)N/N=C/c2ccc(O)c(O)c2)C(=O)NC2C(=O)N3C(C(=O)O)=C(CSc4nncs4)CS[C@H]23)cs1. The molecule has 2 unspecified atom stereocenters. The number of benzene rings is 1. The number of nitrogens with zero attached hydrogens (tertiary/aromatic N) is 5. The molecule has 3 aromatic rings. The van der Waals surface area contributed by atoms with Crippen molar-refractivity contribution in [1.29, 1.82) is 0 Å². The summed E-state index contributed by atoms with van der Waals surface area (Å²) in [7, 11) is 0. The van der Waals surface area contributed by atoms with Gasteiger partial charge in [0.1, 0.15) is 22.6 Å². The number of aliphatic carboxylic acids is 1. The van der Waals surface area contributed by atoms with Crippen LogP contribution in [0.25, 0.3) is 0 Å². The smallest absolute Gasteiger partial charge is 0.352 e. The summed E-state index contributed by atoms with van der Waals surface area (Å²) in [4.78, 5) is 68.9. The van der Waals surface area contributed by atoms with Crippen molar-refractivity contribution in [2.24, 2.45) is 5.10 Å². The molecule has 242 valence electrons. The van der Waals surface area contributed by atoms with Crippen molar-refractivity contribution in [2.75, 3.05) is 17.2 Å². The van der Waals surface area contributed by atoms with Gasteiger partial charge in [-0.1, -0.05) is 23.1 Å². The predicted octanol–water partition coefficient (Wildman–Crippen LogP) is 0.248. The molecule has 1 aromatic carbocycles. The largest absolute Gasteiger partial charge is 0.504 e. The zero-order valence-corrected chi connectivity index (χ0v) is 26.9. The van der Waals surface area contributed by atoms with Gasteiger partial charge in [-0.2, -0.15) is 5.10 Å². The van der Waals surface area contributed by atoms with Crippen molar-refractivity contribution in [2.45, 2.75) is 21.8 Å². The van der Waals surface area contributed by atoms with Crippen LogP contribution < -0.4 is 21.8 Å². The number of rotatable bonds is 10. The van der Waals surface area contributed by atoms with Crippen molar-refractivity contribution >= 4 is 99.5 Å². The van der Waals surface area contributed by atoms with E-state index in [0.29, 0.717) is 15.5 Å². The lowest BCUT2D eigenvalue weighted by Gasteiger charge is -2.49. The van der Waals surface area contributed by atoms with E-state index in [9.17, 15) is 39.3 Å². The second kappa shape index (κ2) is 14.8. The Morgan fingerprint density at radius 1 is 1.20 bits per heavy atom. The van der Waals surface area contributed by atoms with E-state index in [4.69, 9.17) is 5.73 Å². The van der Waals surface area contributed by atoms with Crippen LogP contribution in [0.5, 0.6) is 11.5 Å². The lowest BCUT2D eigenvalue weighted by molar-refractivity contribution is -0.151. The summed E-state index contributed by atoms with van der Waals surface area (Å²) >= 11 is 4.84. The van der Waals surface area contributed by atoms with E-state index in [2.05, 4.69) is 30.9 Å². The monoisotopic (exact) mass is 727 g/mol. The molecule has 2 aliphatic rings. The van der Waals surface area contributed by atoms with Crippen LogP contribution in [0.1, 0.15) is 17.3 Å². The average Bonchev–Trinajstić information content (AvgIpc) is 3.70. The highest BCUT2D eigenvalue weighted by atomic mass is 35.5. The van der Waals surface area contributed by atoms with Crippen LogP contribution in [0.4, 0.5) is 5.13 Å². The molecule has 0 bridgehead atoms. The number of fused-ring (bicyclic) bond motifs is 1. The van der Waals surface area contributed by atoms with Gasteiger partial charge in [0.2, 0.25) is 5.91 Å². The number of nitrogens with one attached hydrogen (secondary N) is 3. The minimum Gasteiger partial charge on any atom is -0.504 e. The molecule has 5 rings (SSSR count). The number of hydrogen-bond acceptors (Lipinski definition) is 16. The van der Waals surface area contributed by atoms with Gasteiger partial charge in [-0.15, -0.1) is 45.7 Å². The van der Waals surface area contributed by atoms with Gasteiger partial charge < -0.3 is 31.7 Å². The number of nitrogens with two attached hydrogens (primary N) is 1. The van der Waals surface area contributed by atoms with Crippen LogP contribution in [0.15, 0.2) is 49.8 Å². The standard InChI is InChI=1S/C24H21N9O8S4.ClH/c25-23-28-11(7-43-23)14(29-18(37)19(38)31-26-4-9-1-2-12(34)13(35)3-9)17(36)30-15-20(39)33-16(22(40)41)10(5-42-21(15)33)6-44-24-32-27-8-45-24;/h1-4,7-8,14-15,21,34-35H,5-6H2,(H2,25,28)(H,29,37)(H,30,36)(H,31,38)(H,40,41);1H/b26-4+;/t14?,15?,21-;/m1./s1. The fourth-order valence-corrected chi connectivity index (χ4v) is 7.71. The summed E-state index contributed by atoms with van der Waals surface area (Å²) in [6.45, 7) is 0. The van der Waals surface area contributed by atoms with Crippen LogP contribution >= 0.6 is 58.6 Å². The number of halogens is 1. The van der Waals surface area contributed by atoms with E-state index in [0.717, 1.165) is 22.5 Å². The minimum absolute atomic E-state index is 0. The Labute approximate surface area is 281 Å². The van der Waals surface area contributed by atoms with Crippen molar-refractivity contribution in [3.05, 3.63) is 51.6 Å². The fraction of sp³-hybridized carbons (Fsp3) is 0.208. The van der Waals surface area contributed by atoms with Gasteiger partial charge in [0.25, 0.3) is 5.91 Å². The number of aromatic hydroxyl groups is 2. The van der Waals surface area contributed by atoms with Gasteiger partial charge in [0.15, 0.2) is 27.0 Å². The van der Waals surface area contributed by atoms with Crippen LogP contribution in [0, 0.1) is 0 Å². The third-order valence-electron chi connectivity index (χ3n) is 6.22. The van der Waals surface area contributed by atoms with Crippen LogP contribution in [0.2, 0.25) is 0 Å². The molecule has 8 N–H and O–H groups in total. The van der Waals surface area contributed by atoms with Gasteiger partial charge >= 0.3 is 17.8 Å². The van der Waals surface area contributed by atoms with Crippen molar-refractivity contribution < 1.29 is 39.3 Å². The third-order valence-corrected chi connectivity index (χ3v) is 10.2. The number of thioether (sulfide) groups is 2. The summed E-state index contributed by atoms with van der Waals surface area (Å²) in [5, 5.41) is 45.6. The van der Waals surface area contributed by atoms with Crippen molar-refractivity contribution in [3.63, 3.8) is 0 Å². The van der Waals surface area contributed by atoms with E-state index in [1.807, 2.05) is 5.43 Å². The Morgan fingerprint density at radius 2 is 1.98 bits per heavy atom. The molecule has 0 saturated carbocycles. The molecule has 1 fully saturated rings. The zero-order valence-electron chi connectivity index (χ0n) is 22.8. The molecule has 0 spiro atoms. The number of aromatic nitrogens is 3. The molecule has 4 amide bonds. The zero-order chi connectivity index (χ0) is 32.2. The normalized spacial score (nSPS) is 17.8. The maximum absolute atomic E-state index is 13.4. The topological polar surface area (TPSA) is 262 Å². The van der Waals surface area contributed by atoms with Gasteiger partial charge in [0.05, 0.1) is 11.9 Å². The molecule has 3 atom stereocenters. The number of thiazole rings is 1. The Balaban J connectivity index is 0.00000480. The number of hydrazone groups is 1. The number of carbonyl (C=O) groups is 5. The van der Waals surface area contributed by atoms with E-state index in [1.54, 1.807) is 5.51 Å². The summed E-state index contributed by atoms with van der Waals surface area (Å²) < 4.78 is 0.647. The van der Waals surface area contributed by atoms with Crippen molar-refractivity contribution in [1.82, 2.24) is 36.1 Å². The Kier molecular flexibility index (Phi) is 11.1. The third kappa shape index (κ3) is 7.50. The summed E-state index contributed by atoms with van der Waals surface area (Å²) in [6.07, 6.45) is 1.10. The maximum Gasteiger partial charge on any atom is 0.352 e. The lowest BCUT2D eigenvalue weighted by atomic mass is 10.0. The minimum atomic E-state index is -1.54. The number of β-lactam (4-membered cyclic amide) rings is 1. The number of carbonyl (C=O) groups excluding carboxylic acids is 4. The quantitative estimate of drug-likeness (QED) is 0.0369. The molecule has 0 radical (unpaired) electrons. The van der Waals surface area contributed by atoms with E-state index < -0.39 is 52.8 Å². The first-order valence-corrected chi connectivity index (χ1v) is 16.3. The molecular weight excluding hydrogens is 706 g/mol. The Morgan fingerprint density at radius 3 is 2.63 bits per heavy atom. The molecule has 0 aliphatic carbocycles. The highest BCUT2D eigenvalue weighted by Crippen LogP contribution is 2.42. The number of phenolic OH excluding ortho intramolecular Hbond substituents is 2. The number of phenols is 2. The molecule has 2 aromatic heterocycles.